The smallest absolute Gasteiger partial charge is 0.253 e. The number of nitrogens with zero attached hydrogens (tertiary/aromatic N) is 2. The van der Waals surface area contributed by atoms with Gasteiger partial charge in [-0.05, 0) is 55.2 Å². The maximum Gasteiger partial charge on any atom is 0.253 e. The predicted octanol–water partition coefficient (Wildman–Crippen LogP) is 3.31. The molecule has 0 spiro atoms. The second-order valence-corrected chi connectivity index (χ2v) is 8.23. The predicted molar refractivity (Wildman–Crippen MR) is 110 cm³/mol. The highest BCUT2D eigenvalue weighted by Crippen LogP contribution is 2.31. The fraction of sp³-hybridized carbons (Fsp3) is 0.364. The van der Waals surface area contributed by atoms with Gasteiger partial charge in [0.25, 0.3) is 5.91 Å². The molecule has 0 aromatic heterocycles. The Kier molecular flexibility index (Phi) is 5.32. The van der Waals surface area contributed by atoms with Crippen molar-refractivity contribution in [3.8, 4) is 11.1 Å². The van der Waals surface area contributed by atoms with Gasteiger partial charge in [0.05, 0.1) is 5.54 Å². The Morgan fingerprint density at radius 2 is 1.59 bits per heavy atom. The number of hydrogen-bond acceptors (Lipinski definition) is 3. The summed E-state index contributed by atoms with van der Waals surface area (Å²) < 4.78 is 14.1. The van der Waals surface area contributed by atoms with Gasteiger partial charge in [-0.1, -0.05) is 23.7 Å². The Morgan fingerprint density at radius 3 is 2.14 bits per heavy atom. The number of nitrogens with two attached hydrogens (primary N) is 1. The lowest BCUT2D eigenvalue weighted by Crippen LogP contribution is -2.62. The first-order valence-corrected chi connectivity index (χ1v) is 10.2. The molecule has 7 heteroatoms. The lowest BCUT2D eigenvalue weighted by molar-refractivity contribution is -0.141. The highest BCUT2D eigenvalue weighted by atomic mass is 35.5. The highest BCUT2D eigenvalue weighted by molar-refractivity contribution is 6.30. The van der Waals surface area contributed by atoms with Crippen molar-refractivity contribution in [3.63, 3.8) is 0 Å². The minimum absolute atomic E-state index is 0.00481. The molecule has 2 aromatic carbocycles. The van der Waals surface area contributed by atoms with Crippen LogP contribution in [0.3, 0.4) is 0 Å². The van der Waals surface area contributed by atoms with Crippen LogP contribution in [0.15, 0.2) is 42.5 Å². The van der Waals surface area contributed by atoms with Crippen LogP contribution in [0.1, 0.15) is 29.6 Å². The molecule has 2 N–H and O–H groups in total. The van der Waals surface area contributed by atoms with Gasteiger partial charge in [0.1, 0.15) is 5.82 Å². The first kappa shape index (κ1) is 19.9. The van der Waals surface area contributed by atoms with Crippen LogP contribution in [0.25, 0.3) is 11.1 Å². The Labute approximate surface area is 174 Å². The highest BCUT2D eigenvalue weighted by Gasteiger charge is 2.43. The van der Waals surface area contributed by atoms with Gasteiger partial charge >= 0.3 is 0 Å². The topological polar surface area (TPSA) is 66.6 Å². The molecule has 1 aliphatic carbocycles. The average molecular weight is 416 g/mol. The van der Waals surface area contributed by atoms with Crippen LogP contribution in [0.5, 0.6) is 0 Å². The Bertz CT molecular complexity index is 936. The maximum atomic E-state index is 14.1. The SMILES string of the molecule is NC1(C(=O)N2CCN(C(=O)c3ccc(-c4ccc(Cl)cc4F)cc3)CC2)CCC1. The summed E-state index contributed by atoms with van der Waals surface area (Å²) >= 11 is 5.80. The zero-order valence-electron chi connectivity index (χ0n) is 16.0. The van der Waals surface area contributed by atoms with Gasteiger partial charge in [-0.15, -0.1) is 0 Å². The summed E-state index contributed by atoms with van der Waals surface area (Å²) in [7, 11) is 0. The molecule has 4 rings (SSSR count). The van der Waals surface area contributed by atoms with E-state index in [9.17, 15) is 14.0 Å². The molecule has 0 atom stereocenters. The van der Waals surface area contributed by atoms with Gasteiger partial charge in [0.2, 0.25) is 5.91 Å². The van der Waals surface area contributed by atoms with Crippen LogP contribution in [-0.2, 0) is 4.79 Å². The van der Waals surface area contributed by atoms with Crippen molar-refractivity contribution in [1.82, 2.24) is 9.80 Å². The summed E-state index contributed by atoms with van der Waals surface area (Å²) in [4.78, 5) is 28.8. The molecule has 1 heterocycles. The summed E-state index contributed by atoms with van der Waals surface area (Å²) in [6, 6.07) is 11.4. The monoisotopic (exact) mass is 415 g/mol. The fourth-order valence-electron chi connectivity index (χ4n) is 3.90. The van der Waals surface area contributed by atoms with E-state index in [1.165, 1.54) is 6.07 Å². The molecule has 0 unspecified atom stereocenters. The third-order valence-corrected chi connectivity index (χ3v) is 6.13. The van der Waals surface area contributed by atoms with Gasteiger partial charge < -0.3 is 15.5 Å². The summed E-state index contributed by atoms with van der Waals surface area (Å²) in [5, 5.41) is 0.341. The Balaban J connectivity index is 1.39. The molecule has 29 heavy (non-hydrogen) atoms. The van der Waals surface area contributed by atoms with E-state index in [2.05, 4.69) is 0 Å². The van der Waals surface area contributed by atoms with Crippen molar-refractivity contribution in [1.29, 1.82) is 0 Å². The molecule has 2 aromatic rings. The second kappa shape index (κ2) is 7.76. The van der Waals surface area contributed by atoms with E-state index in [0.29, 0.717) is 47.9 Å². The standard InChI is InChI=1S/C22H23ClFN3O2/c23-17-6-7-18(19(24)14-17)15-2-4-16(5-3-15)20(28)26-10-12-27(13-11-26)21(29)22(25)8-1-9-22/h2-7,14H,1,8-13,25H2. The summed E-state index contributed by atoms with van der Waals surface area (Å²) in [6.07, 6.45) is 2.48. The first-order chi connectivity index (χ1) is 13.9. The van der Waals surface area contributed by atoms with E-state index in [-0.39, 0.29) is 11.8 Å². The van der Waals surface area contributed by atoms with E-state index in [4.69, 9.17) is 17.3 Å². The van der Waals surface area contributed by atoms with E-state index >= 15 is 0 Å². The van der Waals surface area contributed by atoms with Gasteiger partial charge in [-0.3, -0.25) is 9.59 Å². The lowest BCUT2D eigenvalue weighted by Gasteiger charge is -2.43. The minimum atomic E-state index is -0.695. The third-order valence-electron chi connectivity index (χ3n) is 5.90. The molecular formula is C22H23ClFN3O2. The number of carbonyl (C=O) groups is 2. The molecule has 0 bridgehead atoms. The molecule has 1 saturated heterocycles. The zero-order valence-corrected chi connectivity index (χ0v) is 16.8. The van der Waals surface area contributed by atoms with Gasteiger partial charge in [-0.2, -0.15) is 0 Å². The van der Waals surface area contributed by atoms with Crippen molar-refractivity contribution in [2.75, 3.05) is 26.2 Å². The van der Waals surface area contributed by atoms with Crippen LogP contribution < -0.4 is 5.73 Å². The molecule has 1 saturated carbocycles. The molecular weight excluding hydrogens is 393 g/mol. The number of piperazine rings is 1. The Hall–Kier alpha value is -2.44. The van der Waals surface area contributed by atoms with Gasteiger partial charge in [-0.25, -0.2) is 4.39 Å². The van der Waals surface area contributed by atoms with E-state index in [1.54, 1.807) is 46.2 Å². The molecule has 152 valence electrons. The average Bonchev–Trinajstić information content (AvgIpc) is 2.71. The van der Waals surface area contributed by atoms with Crippen molar-refractivity contribution in [3.05, 3.63) is 58.9 Å². The number of halogens is 2. The number of benzene rings is 2. The molecule has 0 radical (unpaired) electrons. The van der Waals surface area contributed by atoms with E-state index in [0.717, 1.165) is 19.3 Å². The van der Waals surface area contributed by atoms with Crippen LogP contribution in [-0.4, -0.2) is 53.3 Å². The zero-order chi connectivity index (χ0) is 20.6. The number of carbonyl (C=O) groups excluding carboxylic acids is 2. The third kappa shape index (κ3) is 3.87. The second-order valence-electron chi connectivity index (χ2n) is 7.80. The quantitative estimate of drug-likeness (QED) is 0.836. The van der Waals surface area contributed by atoms with Crippen LogP contribution in [0, 0.1) is 5.82 Å². The molecule has 1 aliphatic heterocycles. The normalized spacial score (nSPS) is 18.3. The number of hydrogen-bond donors (Lipinski definition) is 1. The summed E-state index contributed by atoms with van der Waals surface area (Å²) in [6.45, 7) is 1.96. The molecule has 2 amide bonds. The molecule has 5 nitrogen and oxygen atoms in total. The number of amides is 2. The van der Waals surface area contributed by atoms with Crippen molar-refractivity contribution in [2.24, 2.45) is 5.73 Å². The lowest BCUT2D eigenvalue weighted by atomic mass is 9.76. The minimum Gasteiger partial charge on any atom is -0.338 e. The van der Waals surface area contributed by atoms with Crippen molar-refractivity contribution >= 4 is 23.4 Å². The van der Waals surface area contributed by atoms with E-state index < -0.39 is 11.4 Å². The number of rotatable bonds is 3. The fourth-order valence-corrected chi connectivity index (χ4v) is 4.06. The van der Waals surface area contributed by atoms with Crippen molar-refractivity contribution < 1.29 is 14.0 Å². The molecule has 2 fully saturated rings. The van der Waals surface area contributed by atoms with E-state index in [1.807, 2.05) is 0 Å². The van der Waals surface area contributed by atoms with Crippen LogP contribution >= 0.6 is 11.6 Å². The van der Waals surface area contributed by atoms with Crippen molar-refractivity contribution in [2.45, 2.75) is 24.8 Å². The Morgan fingerprint density at radius 1 is 0.966 bits per heavy atom. The van der Waals surface area contributed by atoms with Crippen LogP contribution in [0.2, 0.25) is 5.02 Å². The summed E-state index contributed by atoms with van der Waals surface area (Å²) in [5.41, 5.74) is 7.10. The van der Waals surface area contributed by atoms with Gasteiger partial charge in [0, 0.05) is 42.3 Å². The summed E-state index contributed by atoms with van der Waals surface area (Å²) in [5.74, 6) is -0.488. The molecule has 2 aliphatic rings. The largest absolute Gasteiger partial charge is 0.338 e. The van der Waals surface area contributed by atoms with Gasteiger partial charge in [0.15, 0.2) is 0 Å². The maximum absolute atomic E-state index is 14.1. The first-order valence-electron chi connectivity index (χ1n) is 9.80. The van der Waals surface area contributed by atoms with Crippen LogP contribution in [0.4, 0.5) is 4.39 Å².